The number of methoxy groups -OCH3 is 3. The fourth-order valence-electron chi connectivity index (χ4n) is 2.14. The molecule has 0 amide bonds. The molecule has 5 heteroatoms. The number of hydrogen-bond donors (Lipinski definition) is 1. The van der Waals surface area contributed by atoms with Crippen LogP contribution >= 0.6 is 0 Å². The van der Waals surface area contributed by atoms with E-state index in [-0.39, 0.29) is 6.04 Å². The molecule has 0 saturated carbocycles. The van der Waals surface area contributed by atoms with E-state index in [9.17, 15) is 0 Å². The lowest BCUT2D eigenvalue weighted by atomic mass is 10.1. The molecule has 0 saturated heterocycles. The molecule has 0 radical (unpaired) electrons. The number of ether oxygens (including phenoxy) is 3. The van der Waals surface area contributed by atoms with Crippen molar-refractivity contribution in [2.45, 2.75) is 13.0 Å². The second kappa shape index (κ2) is 6.43. The van der Waals surface area contributed by atoms with Crippen molar-refractivity contribution in [2.24, 2.45) is 0 Å². The molecule has 0 spiro atoms. The summed E-state index contributed by atoms with van der Waals surface area (Å²) in [5.41, 5.74) is 0. The SMILES string of the molecule is COCC(C)Nc1nccc2cc(OC)c(OC)cc12. The molecule has 2 rings (SSSR count). The zero-order valence-corrected chi connectivity index (χ0v) is 12.3. The molecule has 5 nitrogen and oxygen atoms in total. The number of hydrogen-bond acceptors (Lipinski definition) is 5. The average Bonchev–Trinajstić information content (AvgIpc) is 2.46. The molecule has 1 heterocycles. The minimum absolute atomic E-state index is 0.172. The monoisotopic (exact) mass is 276 g/mol. The third-order valence-electron chi connectivity index (χ3n) is 3.07. The van der Waals surface area contributed by atoms with E-state index in [1.54, 1.807) is 27.5 Å². The van der Waals surface area contributed by atoms with Gasteiger partial charge in [0.05, 0.1) is 20.8 Å². The highest BCUT2D eigenvalue weighted by atomic mass is 16.5. The number of nitrogens with one attached hydrogen (secondary N) is 1. The van der Waals surface area contributed by atoms with Crippen molar-refractivity contribution in [3.63, 3.8) is 0 Å². The Kier molecular flexibility index (Phi) is 4.63. The molecule has 1 unspecified atom stereocenters. The van der Waals surface area contributed by atoms with E-state index in [0.29, 0.717) is 18.1 Å². The first-order valence-electron chi connectivity index (χ1n) is 6.45. The molecule has 2 aromatic rings. The maximum Gasteiger partial charge on any atom is 0.161 e. The lowest BCUT2D eigenvalue weighted by molar-refractivity contribution is 0.190. The molecule has 1 atom stereocenters. The van der Waals surface area contributed by atoms with Crippen LogP contribution in [0.5, 0.6) is 11.5 Å². The summed E-state index contributed by atoms with van der Waals surface area (Å²) < 4.78 is 15.8. The first kappa shape index (κ1) is 14.4. The lowest BCUT2D eigenvalue weighted by Crippen LogP contribution is -2.21. The average molecular weight is 276 g/mol. The minimum atomic E-state index is 0.172. The van der Waals surface area contributed by atoms with E-state index in [1.165, 1.54) is 0 Å². The number of aromatic nitrogens is 1. The van der Waals surface area contributed by atoms with Crippen LogP contribution in [-0.4, -0.2) is 39.0 Å². The van der Waals surface area contributed by atoms with Crippen LogP contribution in [0.2, 0.25) is 0 Å². The van der Waals surface area contributed by atoms with Gasteiger partial charge in [0.1, 0.15) is 5.82 Å². The van der Waals surface area contributed by atoms with Crippen molar-refractivity contribution < 1.29 is 14.2 Å². The topological polar surface area (TPSA) is 52.6 Å². The third-order valence-corrected chi connectivity index (χ3v) is 3.07. The summed E-state index contributed by atoms with van der Waals surface area (Å²) in [7, 11) is 4.94. The number of fused-ring (bicyclic) bond motifs is 1. The van der Waals surface area contributed by atoms with Crippen LogP contribution in [-0.2, 0) is 4.74 Å². The second-order valence-electron chi connectivity index (χ2n) is 4.59. The van der Waals surface area contributed by atoms with Crippen molar-refractivity contribution in [1.29, 1.82) is 0 Å². The zero-order valence-electron chi connectivity index (χ0n) is 12.3. The Morgan fingerprint density at radius 1 is 1.15 bits per heavy atom. The van der Waals surface area contributed by atoms with Crippen molar-refractivity contribution in [2.75, 3.05) is 33.3 Å². The fraction of sp³-hybridized carbons (Fsp3) is 0.400. The highest BCUT2D eigenvalue weighted by Crippen LogP contribution is 2.34. The molecular formula is C15H20N2O3. The molecule has 0 aliphatic carbocycles. The summed E-state index contributed by atoms with van der Waals surface area (Å²) in [4.78, 5) is 4.40. The largest absolute Gasteiger partial charge is 0.493 e. The van der Waals surface area contributed by atoms with Gasteiger partial charge in [-0.3, -0.25) is 0 Å². The van der Waals surface area contributed by atoms with Gasteiger partial charge in [0.15, 0.2) is 11.5 Å². The lowest BCUT2D eigenvalue weighted by Gasteiger charge is -2.16. The molecular weight excluding hydrogens is 256 g/mol. The first-order chi connectivity index (χ1) is 9.69. The number of benzene rings is 1. The Labute approximate surface area is 118 Å². The predicted molar refractivity (Wildman–Crippen MR) is 79.8 cm³/mol. The molecule has 1 N–H and O–H groups in total. The Bertz CT molecular complexity index is 587. The number of anilines is 1. The van der Waals surface area contributed by atoms with Crippen molar-refractivity contribution in [3.8, 4) is 11.5 Å². The van der Waals surface area contributed by atoms with E-state index in [1.807, 2.05) is 25.1 Å². The molecule has 1 aromatic heterocycles. The highest BCUT2D eigenvalue weighted by molar-refractivity contribution is 5.94. The molecule has 20 heavy (non-hydrogen) atoms. The quantitative estimate of drug-likeness (QED) is 0.879. The Hall–Kier alpha value is -2.01. The van der Waals surface area contributed by atoms with Gasteiger partial charge in [-0.15, -0.1) is 0 Å². The van der Waals surface area contributed by atoms with Crippen molar-refractivity contribution in [1.82, 2.24) is 4.98 Å². The van der Waals surface area contributed by atoms with Crippen molar-refractivity contribution >= 4 is 16.6 Å². The first-order valence-corrected chi connectivity index (χ1v) is 6.45. The van der Waals surface area contributed by atoms with E-state index >= 15 is 0 Å². The highest BCUT2D eigenvalue weighted by Gasteiger charge is 2.11. The van der Waals surface area contributed by atoms with E-state index in [2.05, 4.69) is 10.3 Å². The summed E-state index contributed by atoms with van der Waals surface area (Å²) in [6.45, 7) is 2.66. The van der Waals surface area contributed by atoms with Gasteiger partial charge in [0, 0.05) is 24.7 Å². The van der Waals surface area contributed by atoms with Gasteiger partial charge in [-0.05, 0) is 30.5 Å². The summed E-state index contributed by atoms with van der Waals surface area (Å²) >= 11 is 0. The second-order valence-corrected chi connectivity index (χ2v) is 4.59. The number of pyridine rings is 1. The van der Waals surface area contributed by atoms with Crippen LogP contribution in [0.15, 0.2) is 24.4 Å². The molecule has 0 aliphatic rings. The van der Waals surface area contributed by atoms with Crippen LogP contribution in [0.4, 0.5) is 5.82 Å². The number of nitrogens with zero attached hydrogens (tertiary/aromatic N) is 1. The maximum absolute atomic E-state index is 5.35. The fourth-order valence-corrected chi connectivity index (χ4v) is 2.14. The number of rotatable bonds is 6. The Morgan fingerprint density at radius 3 is 2.50 bits per heavy atom. The maximum atomic E-state index is 5.35. The molecule has 0 bridgehead atoms. The molecule has 108 valence electrons. The molecule has 0 fully saturated rings. The van der Waals surface area contributed by atoms with Crippen molar-refractivity contribution in [3.05, 3.63) is 24.4 Å². The van der Waals surface area contributed by atoms with Crippen LogP contribution < -0.4 is 14.8 Å². The summed E-state index contributed by atoms with van der Waals surface area (Å²) in [5, 5.41) is 5.38. The predicted octanol–water partition coefficient (Wildman–Crippen LogP) is 2.70. The summed E-state index contributed by atoms with van der Waals surface area (Å²) in [6.07, 6.45) is 1.77. The van der Waals surface area contributed by atoms with Crippen LogP contribution in [0.25, 0.3) is 10.8 Å². The molecule has 1 aromatic carbocycles. The summed E-state index contributed by atoms with van der Waals surface area (Å²) in [6, 6.07) is 6.00. The van der Waals surface area contributed by atoms with Crippen LogP contribution in [0.1, 0.15) is 6.92 Å². The van der Waals surface area contributed by atoms with Gasteiger partial charge < -0.3 is 19.5 Å². The van der Waals surface area contributed by atoms with E-state index < -0.39 is 0 Å². The van der Waals surface area contributed by atoms with Gasteiger partial charge in [-0.2, -0.15) is 0 Å². The molecule has 0 aliphatic heterocycles. The standard InChI is InChI=1S/C15H20N2O3/c1-10(9-18-2)17-15-12-8-14(20-4)13(19-3)7-11(12)5-6-16-15/h5-8,10H,9H2,1-4H3,(H,16,17). The van der Waals surface area contributed by atoms with Gasteiger partial charge in [-0.25, -0.2) is 4.98 Å². The van der Waals surface area contributed by atoms with Crippen LogP contribution in [0.3, 0.4) is 0 Å². The van der Waals surface area contributed by atoms with Gasteiger partial charge in [-0.1, -0.05) is 0 Å². The zero-order chi connectivity index (χ0) is 14.5. The van der Waals surface area contributed by atoms with Gasteiger partial charge >= 0.3 is 0 Å². The normalized spacial score (nSPS) is 12.2. The van der Waals surface area contributed by atoms with Gasteiger partial charge in [0.2, 0.25) is 0 Å². The van der Waals surface area contributed by atoms with E-state index in [0.717, 1.165) is 16.6 Å². The smallest absolute Gasteiger partial charge is 0.161 e. The van der Waals surface area contributed by atoms with Crippen LogP contribution in [0, 0.1) is 0 Å². The van der Waals surface area contributed by atoms with E-state index in [4.69, 9.17) is 14.2 Å². The third kappa shape index (κ3) is 2.93. The Balaban J connectivity index is 2.45. The Morgan fingerprint density at radius 2 is 1.85 bits per heavy atom. The van der Waals surface area contributed by atoms with Gasteiger partial charge in [0.25, 0.3) is 0 Å². The summed E-state index contributed by atoms with van der Waals surface area (Å²) in [5.74, 6) is 2.21. The minimum Gasteiger partial charge on any atom is -0.493 e.